The molecule has 4 rings (SSSR count). The van der Waals surface area contributed by atoms with E-state index in [1.165, 1.54) is 5.56 Å². The zero-order valence-corrected chi connectivity index (χ0v) is 17.6. The standard InChI is InChI=1S/C24H29N3O3/c1-26-15-19-14-21(24(29)25-13-12-17-6-4-3-5-7-17)23(27(19)22(28)16-26)18-8-10-20(30-2)11-9-18/h3-11,19,21,23H,12-16H2,1-2H3,(H,25,29)/t19-,21-,23-/m1/s1. The molecule has 0 spiro atoms. The molecule has 1 N–H and O–H groups in total. The Balaban J connectivity index is 1.52. The Bertz CT molecular complexity index is 884. The van der Waals surface area contributed by atoms with Crippen LogP contribution in [0.1, 0.15) is 23.6 Å². The number of methoxy groups -OCH3 is 1. The Hall–Kier alpha value is -2.86. The number of carbonyl (C=O) groups is 2. The van der Waals surface area contributed by atoms with Crippen molar-refractivity contribution in [2.24, 2.45) is 5.92 Å². The SMILES string of the molecule is COc1ccc([C@@H]2[C@H](C(=O)NCCc3ccccc3)C[C@@H]3CN(C)CC(=O)N32)cc1. The third kappa shape index (κ3) is 4.19. The zero-order valence-electron chi connectivity index (χ0n) is 17.6. The lowest BCUT2D eigenvalue weighted by Crippen LogP contribution is -2.53. The van der Waals surface area contributed by atoms with Gasteiger partial charge in [-0.15, -0.1) is 0 Å². The van der Waals surface area contributed by atoms with E-state index >= 15 is 0 Å². The minimum absolute atomic E-state index is 0.0246. The van der Waals surface area contributed by atoms with Crippen LogP contribution in [0.2, 0.25) is 0 Å². The van der Waals surface area contributed by atoms with E-state index in [-0.39, 0.29) is 29.8 Å². The molecule has 6 nitrogen and oxygen atoms in total. The van der Waals surface area contributed by atoms with Crippen LogP contribution >= 0.6 is 0 Å². The van der Waals surface area contributed by atoms with Gasteiger partial charge in [0.05, 0.1) is 25.6 Å². The number of likely N-dealkylation sites (N-methyl/N-ethyl adjacent to an activating group) is 1. The molecule has 2 amide bonds. The number of carbonyl (C=O) groups excluding carboxylic acids is 2. The molecule has 0 unspecified atom stereocenters. The van der Waals surface area contributed by atoms with Crippen molar-refractivity contribution in [1.82, 2.24) is 15.1 Å². The van der Waals surface area contributed by atoms with E-state index in [0.29, 0.717) is 19.5 Å². The van der Waals surface area contributed by atoms with Crippen molar-refractivity contribution in [1.29, 1.82) is 0 Å². The fourth-order valence-electron chi connectivity index (χ4n) is 4.76. The maximum atomic E-state index is 13.2. The van der Waals surface area contributed by atoms with E-state index in [0.717, 1.165) is 24.3 Å². The van der Waals surface area contributed by atoms with Crippen molar-refractivity contribution in [2.75, 3.05) is 33.8 Å². The number of rotatable bonds is 6. The molecule has 0 aromatic heterocycles. The van der Waals surface area contributed by atoms with Gasteiger partial charge in [-0.25, -0.2) is 0 Å². The highest BCUT2D eigenvalue weighted by molar-refractivity contribution is 5.85. The molecule has 0 bridgehead atoms. The number of fused-ring (bicyclic) bond motifs is 1. The Labute approximate surface area is 177 Å². The molecule has 2 aromatic rings. The summed E-state index contributed by atoms with van der Waals surface area (Å²) in [6.07, 6.45) is 1.48. The molecule has 30 heavy (non-hydrogen) atoms. The number of nitrogens with one attached hydrogen (secondary N) is 1. The van der Waals surface area contributed by atoms with Crippen molar-refractivity contribution in [3.63, 3.8) is 0 Å². The number of hydrogen-bond donors (Lipinski definition) is 1. The molecule has 2 aromatic carbocycles. The molecule has 2 aliphatic heterocycles. The summed E-state index contributed by atoms with van der Waals surface area (Å²) < 4.78 is 5.28. The maximum absolute atomic E-state index is 13.2. The van der Waals surface area contributed by atoms with Crippen LogP contribution in [-0.2, 0) is 16.0 Å². The number of ether oxygens (including phenoxy) is 1. The Kier molecular flexibility index (Phi) is 6.04. The fraction of sp³-hybridized carbons (Fsp3) is 0.417. The average Bonchev–Trinajstić information content (AvgIpc) is 3.14. The molecule has 2 saturated heterocycles. The van der Waals surface area contributed by atoms with Crippen molar-refractivity contribution in [3.8, 4) is 5.75 Å². The minimum atomic E-state index is -0.255. The predicted octanol–water partition coefficient (Wildman–Crippen LogP) is 2.26. The normalized spacial score (nSPS) is 23.9. The summed E-state index contributed by atoms with van der Waals surface area (Å²) in [6, 6.07) is 17.7. The van der Waals surface area contributed by atoms with E-state index in [1.54, 1.807) is 7.11 Å². The van der Waals surface area contributed by atoms with Crippen molar-refractivity contribution >= 4 is 11.8 Å². The van der Waals surface area contributed by atoms with E-state index < -0.39 is 0 Å². The van der Waals surface area contributed by atoms with Gasteiger partial charge in [0, 0.05) is 19.1 Å². The first-order valence-electron chi connectivity index (χ1n) is 10.5. The molecule has 0 radical (unpaired) electrons. The molecular formula is C24H29N3O3. The first kappa shape index (κ1) is 20.4. The largest absolute Gasteiger partial charge is 0.497 e. The van der Waals surface area contributed by atoms with Crippen LogP contribution in [0.4, 0.5) is 0 Å². The van der Waals surface area contributed by atoms with Crippen LogP contribution in [-0.4, -0.2) is 61.4 Å². The second kappa shape index (κ2) is 8.88. The predicted molar refractivity (Wildman–Crippen MR) is 115 cm³/mol. The van der Waals surface area contributed by atoms with E-state index in [2.05, 4.69) is 17.4 Å². The summed E-state index contributed by atoms with van der Waals surface area (Å²) in [4.78, 5) is 30.1. The molecule has 0 aliphatic carbocycles. The number of hydrogen-bond acceptors (Lipinski definition) is 4. The van der Waals surface area contributed by atoms with Gasteiger partial charge >= 0.3 is 0 Å². The second-order valence-electron chi connectivity index (χ2n) is 8.24. The third-order valence-electron chi connectivity index (χ3n) is 6.17. The summed E-state index contributed by atoms with van der Waals surface area (Å²) in [5.41, 5.74) is 2.18. The lowest BCUT2D eigenvalue weighted by Gasteiger charge is -2.38. The summed E-state index contributed by atoms with van der Waals surface area (Å²) in [7, 11) is 3.60. The number of benzene rings is 2. The first-order chi connectivity index (χ1) is 14.6. The summed E-state index contributed by atoms with van der Waals surface area (Å²) in [5.74, 6) is 0.627. The maximum Gasteiger partial charge on any atom is 0.237 e. The van der Waals surface area contributed by atoms with Gasteiger partial charge in [0.15, 0.2) is 0 Å². The van der Waals surface area contributed by atoms with Gasteiger partial charge in [-0.1, -0.05) is 42.5 Å². The molecule has 0 saturated carbocycles. The molecule has 2 heterocycles. The second-order valence-corrected chi connectivity index (χ2v) is 8.24. The van der Waals surface area contributed by atoms with E-state index in [9.17, 15) is 9.59 Å². The number of amides is 2. The molecule has 2 aliphatic rings. The smallest absolute Gasteiger partial charge is 0.237 e. The fourth-order valence-corrected chi connectivity index (χ4v) is 4.76. The highest BCUT2D eigenvalue weighted by Gasteiger charge is 2.49. The van der Waals surface area contributed by atoms with Crippen LogP contribution in [0.25, 0.3) is 0 Å². The zero-order chi connectivity index (χ0) is 21.1. The van der Waals surface area contributed by atoms with Crippen LogP contribution < -0.4 is 10.1 Å². The van der Waals surface area contributed by atoms with Gasteiger partial charge in [0.25, 0.3) is 0 Å². The van der Waals surface area contributed by atoms with Gasteiger partial charge in [-0.3, -0.25) is 14.5 Å². The van der Waals surface area contributed by atoms with Gasteiger partial charge in [-0.05, 0) is 43.1 Å². The molecular weight excluding hydrogens is 378 g/mol. The molecule has 2 fully saturated rings. The molecule has 3 atom stereocenters. The van der Waals surface area contributed by atoms with Crippen LogP contribution in [0, 0.1) is 5.92 Å². The molecule has 158 valence electrons. The Morgan fingerprint density at radius 3 is 2.57 bits per heavy atom. The lowest BCUT2D eigenvalue weighted by atomic mass is 9.92. The average molecular weight is 408 g/mol. The van der Waals surface area contributed by atoms with Crippen LogP contribution in [0.3, 0.4) is 0 Å². The van der Waals surface area contributed by atoms with Gasteiger partial charge in [-0.2, -0.15) is 0 Å². The highest BCUT2D eigenvalue weighted by Crippen LogP contribution is 2.43. The van der Waals surface area contributed by atoms with Crippen LogP contribution in [0.5, 0.6) is 5.75 Å². The highest BCUT2D eigenvalue weighted by atomic mass is 16.5. The minimum Gasteiger partial charge on any atom is -0.497 e. The Morgan fingerprint density at radius 2 is 1.87 bits per heavy atom. The monoisotopic (exact) mass is 407 g/mol. The Morgan fingerprint density at radius 1 is 1.13 bits per heavy atom. The lowest BCUT2D eigenvalue weighted by molar-refractivity contribution is -0.140. The number of piperazine rings is 1. The summed E-state index contributed by atoms with van der Waals surface area (Å²) in [5, 5.41) is 3.12. The van der Waals surface area contributed by atoms with Crippen molar-refractivity contribution in [2.45, 2.75) is 24.9 Å². The summed E-state index contributed by atoms with van der Waals surface area (Å²) >= 11 is 0. The van der Waals surface area contributed by atoms with Crippen molar-refractivity contribution < 1.29 is 14.3 Å². The van der Waals surface area contributed by atoms with Crippen molar-refractivity contribution in [3.05, 3.63) is 65.7 Å². The number of nitrogens with zero attached hydrogens (tertiary/aromatic N) is 2. The van der Waals surface area contributed by atoms with E-state index in [1.807, 2.05) is 59.3 Å². The summed E-state index contributed by atoms with van der Waals surface area (Å²) in [6.45, 7) is 1.78. The quantitative estimate of drug-likeness (QED) is 0.798. The van der Waals surface area contributed by atoms with Gasteiger partial charge in [0.2, 0.25) is 11.8 Å². The third-order valence-corrected chi connectivity index (χ3v) is 6.17. The van der Waals surface area contributed by atoms with Gasteiger partial charge < -0.3 is 15.0 Å². The van der Waals surface area contributed by atoms with Gasteiger partial charge in [0.1, 0.15) is 5.75 Å². The first-order valence-corrected chi connectivity index (χ1v) is 10.5. The molecule has 6 heteroatoms. The topological polar surface area (TPSA) is 61.9 Å². The van der Waals surface area contributed by atoms with Crippen LogP contribution in [0.15, 0.2) is 54.6 Å². The van der Waals surface area contributed by atoms with E-state index in [4.69, 9.17) is 4.74 Å².